The topological polar surface area (TPSA) is 78.0 Å². The highest BCUT2D eigenvalue weighted by Gasteiger charge is 2.19. The predicted octanol–water partition coefficient (Wildman–Crippen LogP) is 2.03. The first kappa shape index (κ1) is 19.9. The van der Waals surface area contributed by atoms with Crippen LogP contribution in [0, 0.1) is 5.82 Å². The number of aliphatic hydroxyl groups excluding tert-OH is 1. The predicted molar refractivity (Wildman–Crippen MR) is 109 cm³/mol. The zero-order valence-corrected chi connectivity index (χ0v) is 16.8. The Morgan fingerprint density at radius 1 is 1.32 bits per heavy atom. The summed E-state index contributed by atoms with van der Waals surface area (Å²) in [5, 5.41) is 12.1. The van der Waals surface area contributed by atoms with Crippen LogP contribution in [-0.4, -0.2) is 47.1 Å². The van der Waals surface area contributed by atoms with Gasteiger partial charge in [-0.15, -0.1) is 35.3 Å². The molecular formula is C16H21FIN5OS. The van der Waals surface area contributed by atoms with Crippen LogP contribution in [0.25, 0.3) is 0 Å². The Balaban J connectivity index is 0.00000225. The number of nitrogens with zero attached hydrogens (tertiary/aromatic N) is 4. The summed E-state index contributed by atoms with van der Waals surface area (Å²) in [6.45, 7) is 3.34. The molecule has 6 nitrogen and oxygen atoms in total. The lowest BCUT2D eigenvalue weighted by molar-refractivity contribution is 0.275. The monoisotopic (exact) mass is 477 g/mol. The highest BCUT2D eigenvalue weighted by molar-refractivity contribution is 14.0. The number of aliphatic imine (C=N–C) groups is 1. The molecule has 3 N–H and O–H groups in total. The van der Waals surface area contributed by atoms with Gasteiger partial charge in [-0.05, 0) is 17.7 Å². The summed E-state index contributed by atoms with van der Waals surface area (Å²) in [5.41, 5.74) is 7.18. The van der Waals surface area contributed by atoms with Gasteiger partial charge < -0.3 is 20.6 Å². The van der Waals surface area contributed by atoms with E-state index < -0.39 is 5.82 Å². The third-order valence-corrected chi connectivity index (χ3v) is 4.83. The molecule has 0 bridgehead atoms. The average molecular weight is 477 g/mol. The summed E-state index contributed by atoms with van der Waals surface area (Å²) in [4.78, 5) is 13.0. The molecule has 0 saturated carbocycles. The van der Waals surface area contributed by atoms with Gasteiger partial charge >= 0.3 is 0 Å². The lowest BCUT2D eigenvalue weighted by atomic mass is 10.1. The molecule has 1 aliphatic heterocycles. The fourth-order valence-electron chi connectivity index (χ4n) is 2.62. The van der Waals surface area contributed by atoms with E-state index in [0.717, 1.165) is 36.9 Å². The summed E-state index contributed by atoms with van der Waals surface area (Å²) in [6, 6.07) is 4.62. The number of nitrogens with two attached hydrogens (primary N) is 1. The van der Waals surface area contributed by atoms with Crippen LogP contribution in [-0.2, 0) is 13.2 Å². The van der Waals surface area contributed by atoms with Crippen LogP contribution in [0.5, 0.6) is 0 Å². The number of anilines is 1. The molecule has 136 valence electrons. The number of benzene rings is 1. The van der Waals surface area contributed by atoms with Crippen molar-refractivity contribution < 1.29 is 9.50 Å². The fraction of sp³-hybridized carbons (Fsp3) is 0.375. The molecule has 9 heteroatoms. The first-order valence-electron chi connectivity index (χ1n) is 7.75. The van der Waals surface area contributed by atoms with Gasteiger partial charge in [0.2, 0.25) is 0 Å². The van der Waals surface area contributed by atoms with Crippen molar-refractivity contribution in [2.45, 2.75) is 13.2 Å². The minimum absolute atomic E-state index is 0. The number of hydrogen-bond acceptors (Lipinski definition) is 5. The van der Waals surface area contributed by atoms with Crippen molar-refractivity contribution in [3.05, 3.63) is 46.7 Å². The van der Waals surface area contributed by atoms with Gasteiger partial charge in [-0.3, -0.25) is 0 Å². The maximum Gasteiger partial charge on any atom is 0.191 e. The minimum Gasteiger partial charge on any atom is -0.392 e. The van der Waals surface area contributed by atoms with E-state index in [1.54, 1.807) is 23.5 Å². The fourth-order valence-corrected chi connectivity index (χ4v) is 3.32. The largest absolute Gasteiger partial charge is 0.392 e. The van der Waals surface area contributed by atoms with Gasteiger partial charge in [0.05, 0.1) is 13.2 Å². The van der Waals surface area contributed by atoms with Crippen molar-refractivity contribution in [3.8, 4) is 0 Å². The third-order valence-electron chi connectivity index (χ3n) is 4.00. The number of hydrogen-bond donors (Lipinski definition) is 2. The van der Waals surface area contributed by atoms with Gasteiger partial charge in [0, 0.05) is 43.3 Å². The van der Waals surface area contributed by atoms with Crippen LogP contribution in [0.4, 0.5) is 9.52 Å². The highest BCUT2D eigenvalue weighted by atomic mass is 127. The minimum atomic E-state index is -0.406. The van der Waals surface area contributed by atoms with Crippen molar-refractivity contribution in [2.24, 2.45) is 10.7 Å². The molecule has 0 amide bonds. The zero-order valence-electron chi connectivity index (χ0n) is 13.6. The molecule has 0 aliphatic carbocycles. The van der Waals surface area contributed by atoms with Crippen molar-refractivity contribution in [2.75, 3.05) is 31.1 Å². The molecule has 1 aliphatic rings. The van der Waals surface area contributed by atoms with E-state index in [2.05, 4.69) is 14.9 Å². The standard InChI is InChI=1S/C16H20FN5OS.HI/c17-14-2-1-12(9-13(14)11-23)10-20-15(18)21-4-6-22(7-5-21)16-19-3-8-24-16;/h1-3,8-9,23H,4-7,10-11H2,(H2,18,20);1H. The Morgan fingerprint density at radius 3 is 2.72 bits per heavy atom. The molecule has 0 radical (unpaired) electrons. The van der Waals surface area contributed by atoms with Gasteiger partial charge in [0.15, 0.2) is 11.1 Å². The van der Waals surface area contributed by atoms with Crippen molar-refractivity contribution in [3.63, 3.8) is 0 Å². The normalized spacial score (nSPS) is 15.2. The Hall–Kier alpha value is -1.46. The SMILES string of the molecule is I.NC(=NCc1ccc(F)c(CO)c1)N1CCN(c2nccs2)CC1. The second-order valence-corrected chi connectivity index (χ2v) is 6.42. The van der Waals surface area contributed by atoms with Gasteiger partial charge in [-0.2, -0.15) is 0 Å². The van der Waals surface area contributed by atoms with E-state index >= 15 is 0 Å². The van der Waals surface area contributed by atoms with Crippen molar-refractivity contribution in [1.82, 2.24) is 9.88 Å². The average Bonchev–Trinajstić information content (AvgIpc) is 3.15. The molecule has 2 aromatic rings. The third kappa shape index (κ3) is 5.02. The molecule has 0 spiro atoms. The van der Waals surface area contributed by atoms with E-state index in [0.29, 0.717) is 12.5 Å². The number of halogens is 2. The molecular weight excluding hydrogens is 456 g/mol. The number of piperazine rings is 1. The van der Waals surface area contributed by atoms with Crippen LogP contribution >= 0.6 is 35.3 Å². The van der Waals surface area contributed by atoms with E-state index in [4.69, 9.17) is 10.8 Å². The summed E-state index contributed by atoms with van der Waals surface area (Å²) < 4.78 is 13.4. The molecule has 25 heavy (non-hydrogen) atoms. The summed E-state index contributed by atoms with van der Waals surface area (Å²) in [6.07, 6.45) is 1.81. The Kier molecular flexibility index (Phi) is 7.38. The second-order valence-electron chi connectivity index (χ2n) is 5.55. The van der Waals surface area contributed by atoms with Crippen LogP contribution in [0.15, 0.2) is 34.8 Å². The first-order valence-corrected chi connectivity index (χ1v) is 8.63. The molecule has 1 aromatic heterocycles. The van der Waals surface area contributed by atoms with Crippen LogP contribution < -0.4 is 10.6 Å². The number of rotatable bonds is 4. The lowest BCUT2D eigenvalue weighted by Crippen LogP contribution is -2.51. The van der Waals surface area contributed by atoms with Gasteiger partial charge in [0.1, 0.15) is 5.82 Å². The molecule has 1 aromatic carbocycles. The molecule has 0 atom stereocenters. The van der Waals surface area contributed by atoms with E-state index in [-0.39, 0.29) is 36.1 Å². The molecule has 2 heterocycles. The van der Waals surface area contributed by atoms with Crippen molar-refractivity contribution in [1.29, 1.82) is 0 Å². The Labute approximate surface area is 167 Å². The maximum absolute atomic E-state index is 13.4. The van der Waals surface area contributed by atoms with Gasteiger partial charge in [0.25, 0.3) is 0 Å². The van der Waals surface area contributed by atoms with Gasteiger partial charge in [-0.1, -0.05) is 6.07 Å². The zero-order chi connectivity index (χ0) is 16.9. The van der Waals surface area contributed by atoms with Crippen LogP contribution in [0.3, 0.4) is 0 Å². The van der Waals surface area contributed by atoms with Gasteiger partial charge in [-0.25, -0.2) is 14.4 Å². The highest BCUT2D eigenvalue weighted by Crippen LogP contribution is 2.19. The number of aliphatic hydroxyl groups is 1. The Bertz CT molecular complexity index is 705. The van der Waals surface area contributed by atoms with E-state index in [1.165, 1.54) is 6.07 Å². The second kappa shape index (κ2) is 9.30. The number of guanidine groups is 1. The molecule has 1 fully saturated rings. The van der Waals surface area contributed by atoms with Crippen LogP contribution in [0.2, 0.25) is 0 Å². The van der Waals surface area contributed by atoms with Crippen LogP contribution in [0.1, 0.15) is 11.1 Å². The Morgan fingerprint density at radius 2 is 2.08 bits per heavy atom. The summed E-state index contributed by atoms with van der Waals surface area (Å²) >= 11 is 1.63. The molecule has 3 rings (SSSR count). The lowest BCUT2D eigenvalue weighted by Gasteiger charge is -2.35. The molecule has 1 saturated heterocycles. The summed E-state index contributed by atoms with van der Waals surface area (Å²) in [7, 11) is 0. The first-order chi connectivity index (χ1) is 11.7. The van der Waals surface area contributed by atoms with E-state index in [9.17, 15) is 4.39 Å². The van der Waals surface area contributed by atoms with E-state index in [1.807, 2.05) is 16.5 Å². The number of aromatic nitrogens is 1. The number of thiazole rings is 1. The van der Waals surface area contributed by atoms with Crippen molar-refractivity contribution >= 4 is 46.4 Å². The summed E-state index contributed by atoms with van der Waals surface area (Å²) in [5.74, 6) is 0.0835. The smallest absolute Gasteiger partial charge is 0.191 e. The molecule has 0 unspecified atom stereocenters. The maximum atomic E-state index is 13.4. The quantitative estimate of drug-likeness (QED) is 0.401.